The monoisotopic (exact) mass is 424 g/mol. The molecule has 0 aliphatic heterocycles. The number of anilines is 1. The van der Waals surface area contributed by atoms with Gasteiger partial charge >= 0.3 is 17.8 Å². The molecule has 0 saturated heterocycles. The van der Waals surface area contributed by atoms with Gasteiger partial charge < -0.3 is 24.1 Å². The second-order valence-electron chi connectivity index (χ2n) is 6.65. The predicted octanol–water partition coefficient (Wildman–Crippen LogP) is 3.38. The highest BCUT2D eigenvalue weighted by atomic mass is 16.5. The van der Waals surface area contributed by atoms with Gasteiger partial charge in [-0.2, -0.15) is 0 Å². The molecule has 0 aliphatic rings. The SMILES string of the molecule is CCOC(=O)C(=O)Nc1cc2c(ccn2Cc2cccc(OC)c2)cc1C(=O)OCC. The Labute approximate surface area is 179 Å². The van der Waals surface area contributed by atoms with Crippen LogP contribution in [0, 0.1) is 0 Å². The Hall–Kier alpha value is -3.81. The largest absolute Gasteiger partial charge is 0.497 e. The van der Waals surface area contributed by atoms with Gasteiger partial charge in [0.05, 0.1) is 37.1 Å². The van der Waals surface area contributed by atoms with Crippen molar-refractivity contribution in [3.63, 3.8) is 0 Å². The number of hydrogen-bond donors (Lipinski definition) is 1. The van der Waals surface area contributed by atoms with Gasteiger partial charge in [-0.1, -0.05) is 12.1 Å². The lowest BCUT2D eigenvalue weighted by Crippen LogP contribution is -2.26. The zero-order valence-corrected chi connectivity index (χ0v) is 17.6. The minimum Gasteiger partial charge on any atom is -0.497 e. The second-order valence-corrected chi connectivity index (χ2v) is 6.65. The fraction of sp³-hybridized carbons (Fsp3) is 0.261. The first-order valence-corrected chi connectivity index (χ1v) is 9.87. The summed E-state index contributed by atoms with van der Waals surface area (Å²) in [6, 6.07) is 12.8. The summed E-state index contributed by atoms with van der Waals surface area (Å²) < 4.78 is 17.1. The summed E-state index contributed by atoms with van der Waals surface area (Å²) in [4.78, 5) is 36.4. The number of ether oxygens (including phenoxy) is 3. The maximum atomic E-state index is 12.4. The van der Waals surface area contributed by atoms with Crippen LogP contribution in [-0.2, 0) is 25.6 Å². The molecule has 1 N–H and O–H groups in total. The Kier molecular flexibility index (Phi) is 6.92. The summed E-state index contributed by atoms with van der Waals surface area (Å²) in [6.07, 6.45) is 1.88. The first-order valence-electron chi connectivity index (χ1n) is 9.87. The molecule has 31 heavy (non-hydrogen) atoms. The zero-order chi connectivity index (χ0) is 22.4. The molecule has 3 rings (SSSR count). The van der Waals surface area contributed by atoms with E-state index in [-0.39, 0.29) is 24.5 Å². The summed E-state index contributed by atoms with van der Waals surface area (Å²) in [5.74, 6) is -1.83. The molecule has 0 saturated carbocycles. The molecule has 0 aliphatic carbocycles. The van der Waals surface area contributed by atoms with Crippen LogP contribution in [0.4, 0.5) is 5.69 Å². The van der Waals surface area contributed by atoms with E-state index in [0.717, 1.165) is 22.2 Å². The minimum atomic E-state index is -1.02. The van der Waals surface area contributed by atoms with Crippen molar-refractivity contribution in [1.82, 2.24) is 4.57 Å². The number of methoxy groups -OCH3 is 1. The zero-order valence-electron chi connectivity index (χ0n) is 17.6. The molecule has 0 radical (unpaired) electrons. The molecule has 1 heterocycles. The van der Waals surface area contributed by atoms with E-state index in [4.69, 9.17) is 14.2 Å². The molecule has 162 valence electrons. The molecule has 0 unspecified atom stereocenters. The summed E-state index contributed by atoms with van der Waals surface area (Å²) in [5, 5.41) is 3.27. The second kappa shape index (κ2) is 9.80. The lowest BCUT2D eigenvalue weighted by molar-refractivity contribution is -0.152. The van der Waals surface area contributed by atoms with Crippen molar-refractivity contribution < 1.29 is 28.6 Å². The third kappa shape index (κ3) is 5.03. The van der Waals surface area contributed by atoms with Crippen LogP contribution >= 0.6 is 0 Å². The molecule has 8 nitrogen and oxygen atoms in total. The summed E-state index contributed by atoms with van der Waals surface area (Å²) in [7, 11) is 1.61. The number of hydrogen-bond acceptors (Lipinski definition) is 6. The molecule has 3 aromatic rings. The molecule has 1 aromatic heterocycles. The average molecular weight is 424 g/mol. The fourth-order valence-corrected chi connectivity index (χ4v) is 3.19. The Bertz CT molecular complexity index is 1120. The van der Waals surface area contributed by atoms with E-state index in [9.17, 15) is 14.4 Å². The van der Waals surface area contributed by atoms with Crippen LogP contribution in [0.3, 0.4) is 0 Å². The van der Waals surface area contributed by atoms with Crippen molar-refractivity contribution in [3.8, 4) is 5.75 Å². The smallest absolute Gasteiger partial charge is 0.397 e. The highest BCUT2D eigenvalue weighted by Crippen LogP contribution is 2.27. The Morgan fingerprint density at radius 2 is 1.77 bits per heavy atom. The van der Waals surface area contributed by atoms with Gasteiger partial charge in [0.2, 0.25) is 0 Å². The van der Waals surface area contributed by atoms with Crippen molar-refractivity contribution in [1.29, 1.82) is 0 Å². The molecular formula is C23H24N2O6. The van der Waals surface area contributed by atoms with E-state index < -0.39 is 17.8 Å². The highest BCUT2D eigenvalue weighted by molar-refractivity contribution is 6.37. The number of amides is 1. The maximum absolute atomic E-state index is 12.4. The quantitative estimate of drug-likeness (QED) is 0.461. The van der Waals surface area contributed by atoms with E-state index >= 15 is 0 Å². The van der Waals surface area contributed by atoms with Gasteiger partial charge in [-0.25, -0.2) is 9.59 Å². The number of nitrogens with zero attached hydrogens (tertiary/aromatic N) is 1. The molecule has 2 aromatic carbocycles. The highest BCUT2D eigenvalue weighted by Gasteiger charge is 2.21. The third-order valence-corrected chi connectivity index (χ3v) is 4.60. The molecule has 0 spiro atoms. The molecular weight excluding hydrogens is 400 g/mol. The molecule has 0 fully saturated rings. The number of benzene rings is 2. The number of carbonyl (C=O) groups excluding carboxylic acids is 3. The number of fused-ring (bicyclic) bond motifs is 1. The fourth-order valence-electron chi connectivity index (χ4n) is 3.19. The standard InChI is InChI=1S/C23H24N2O6/c1-4-30-22(27)18-12-16-9-10-25(14-15-7-6-8-17(11-15)29-3)20(16)13-19(18)24-21(26)23(28)31-5-2/h6-13H,4-5,14H2,1-3H3,(H,24,26). The summed E-state index contributed by atoms with van der Waals surface area (Å²) >= 11 is 0. The van der Waals surface area contributed by atoms with Crippen LogP contribution in [0.5, 0.6) is 5.75 Å². The molecule has 0 bridgehead atoms. The number of carbonyl (C=O) groups is 3. The van der Waals surface area contributed by atoms with Crippen LogP contribution in [0.15, 0.2) is 48.7 Å². The Morgan fingerprint density at radius 1 is 1.00 bits per heavy atom. The lowest BCUT2D eigenvalue weighted by atomic mass is 10.1. The predicted molar refractivity (Wildman–Crippen MR) is 115 cm³/mol. The van der Waals surface area contributed by atoms with Gasteiger partial charge in [0.25, 0.3) is 0 Å². The minimum absolute atomic E-state index is 0.0689. The number of nitrogens with one attached hydrogen (secondary N) is 1. The van der Waals surface area contributed by atoms with Crippen LogP contribution in [0.1, 0.15) is 29.8 Å². The van der Waals surface area contributed by atoms with Gasteiger partial charge in [-0.3, -0.25) is 4.79 Å². The number of aromatic nitrogens is 1. The van der Waals surface area contributed by atoms with E-state index in [1.807, 2.05) is 41.1 Å². The number of esters is 2. The van der Waals surface area contributed by atoms with Gasteiger partial charge in [0.15, 0.2) is 0 Å². The van der Waals surface area contributed by atoms with Crippen LogP contribution in [-0.4, -0.2) is 42.7 Å². The normalized spacial score (nSPS) is 10.5. The van der Waals surface area contributed by atoms with Gasteiger partial charge in [0.1, 0.15) is 5.75 Å². The van der Waals surface area contributed by atoms with Gasteiger partial charge in [-0.05, 0) is 49.7 Å². The maximum Gasteiger partial charge on any atom is 0.397 e. The topological polar surface area (TPSA) is 95.9 Å². The molecule has 1 amide bonds. The van der Waals surface area contributed by atoms with Crippen molar-refractivity contribution in [3.05, 3.63) is 59.8 Å². The van der Waals surface area contributed by atoms with Crippen LogP contribution in [0.25, 0.3) is 10.9 Å². The molecule has 8 heteroatoms. The van der Waals surface area contributed by atoms with Gasteiger partial charge in [0, 0.05) is 18.1 Å². The summed E-state index contributed by atoms with van der Waals surface area (Å²) in [6.45, 7) is 4.09. The van der Waals surface area contributed by atoms with Crippen LogP contribution in [0.2, 0.25) is 0 Å². The Morgan fingerprint density at radius 3 is 2.48 bits per heavy atom. The summed E-state index contributed by atoms with van der Waals surface area (Å²) in [5.41, 5.74) is 2.12. The Balaban J connectivity index is 2.01. The van der Waals surface area contributed by atoms with Crippen LogP contribution < -0.4 is 10.1 Å². The van der Waals surface area contributed by atoms with E-state index in [0.29, 0.717) is 6.54 Å². The van der Waals surface area contributed by atoms with Crippen molar-refractivity contribution in [2.45, 2.75) is 20.4 Å². The third-order valence-electron chi connectivity index (χ3n) is 4.60. The van der Waals surface area contributed by atoms with Crippen molar-refractivity contribution >= 4 is 34.4 Å². The van der Waals surface area contributed by atoms with Gasteiger partial charge in [-0.15, -0.1) is 0 Å². The first kappa shape index (κ1) is 21.9. The average Bonchev–Trinajstić information content (AvgIpc) is 3.15. The van der Waals surface area contributed by atoms with E-state index in [1.54, 1.807) is 33.1 Å². The van der Waals surface area contributed by atoms with Crippen molar-refractivity contribution in [2.75, 3.05) is 25.6 Å². The van der Waals surface area contributed by atoms with Crippen molar-refractivity contribution in [2.24, 2.45) is 0 Å². The lowest BCUT2D eigenvalue weighted by Gasteiger charge is -2.13. The van der Waals surface area contributed by atoms with E-state index in [1.165, 1.54) is 0 Å². The first-order chi connectivity index (χ1) is 15.0. The van der Waals surface area contributed by atoms with E-state index in [2.05, 4.69) is 5.32 Å². The number of rotatable bonds is 7. The molecule has 0 atom stereocenters.